The largest absolute Gasteiger partial charge is 0.103 e. The van der Waals surface area contributed by atoms with Gasteiger partial charge in [-0.15, -0.1) is 6.58 Å². The van der Waals surface area contributed by atoms with Gasteiger partial charge in [0, 0.05) is 0 Å². The lowest BCUT2D eigenvalue weighted by Crippen LogP contribution is -2.28. The molecule has 3 aliphatic carbocycles. The Bertz CT molecular complexity index is 609. The summed E-state index contributed by atoms with van der Waals surface area (Å²) in [6.07, 6.45) is 22.0. The van der Waals surface area contributed by atoms with E-state index in [1.54, 1.807) is 5.57 Å². The minimum Gasteiger partial charge on any atom is -0.103 e. The minimum absolute atomic E-state index is 0.947. The van der Waals surface area contributed by atoms with Crippen LogP contribution in [-0.4, -0.2) is 0 Å². The van der Waals surface area contributed by atoms with Gasteiger partial charge in [0.05, 0.1) is 0 Å². The third kappa shape index (κ3) is 4.76. The second-order valence-corrected chi connectivity index (χ2v) is 9.61. The molecule has 0 heteroatoms. The van der Waals surface area contributed by atoms with Crippen molar-refractivity contribution in [1.29, 1.82) is 0 Å². The molecular weight excluding hydrogens is 324 g/mol. The van der Waals surface area contributed by atoms with Crippen LogP contribution in [0.4, 0.5) is 0 Å². The van der Waals surface area contributed by atoms with Crippen molar-refractivity contribution in [1.82, 2.24) is 0 Å². The highest BCUT2D eigenvalue weighted by atomic mass is 14.4. The highest BCUT2D eigenvalue weighted by Crippen LogP contribution is 2.46. The van der Waals surface area contributed by atoms with Crippen LogP contribution in [0.15, 0.2) is 49.1 Å². The standard InChI is InChI=1S/C27H38/c1-2-6-21-9-11-23(12-10-21)25-17-19-27(20-18-25)26-15-13-24(14-16-26)22-7-4-3-5-8-22/h2-5,7-8,13,21,23,25-27H,1,6,9-12,14-20H2/t21-,23-,25-,26?,27-. The minimum atomic E-state index is 0.947. The normalized spacial score (nSPS) is 34.7. The topological polar surface area (TPSA) is 0 Å². The molecule has 1 aromatic carbocycles. The van der Waals surface area contributed by atoms with E-state index in [9.17, 15) is 0 Å². The summed E-state index contributed by atoms with van der Waals surface area (Å²) in [5.74, 6) is 5.00. The van der Waals surface area contributed by atoms with Crippen molar-refractivity contribution in [3.8, 4) is 0 Å². The molecule has 0 bridgehead atoms. The maximum Gasteiger partial charge on any atom is -0.0228 e. The first-order chi connectivity index (χ1) is 13.3. The molecule has 0 heterocycles. The van der Waals surface area contributed by atoms with E-state index in [1.807, 2.05) is 0 Å². The molecule has 146 valence electrons. The van der Waals surface area contributed by atoms with E-state index >= 15 is 0 Å². The van der Waals surface area contributed by atoms with Crippen molar-refractivity contribution in [2.24, 2.45) is 29.6 Å². The van der Waals surface area contributed by atoms with Gasteiger partial charge in [-0.3, -0.25) is 0 Å². The Hall–Kier alpha value is -1.30. The van der Waals surface area contributed by atoms with Gasteiger partial charge in [-0.05, 0) is 118 Å². The van der Waals surface area contributed by atoms with Crippen LogP contribution in [0.5, 0.6) is 0 Å². The maximum absolute atomic E-state index is 3.93. The van der Waals surface area contributed by atoms with Crippen LogP contribution in [0, 0.1) is 29.6 Å². The Balaban J connectivity index is 1.23. The number of benzene rings is 1. The molecule has 0 saturated heterocycles. The van der Waals surface area contributed by atoms with Crippen LogP contribution in [0.25, 0.3) is 5.57 Å². The Morgan fingerprint density at radius 3 is 1.89 bits per heavy atom. The van der Waals surface area contributed by atoms with E-state index in [0.717, 1.165) is 29.6 Å². The zero-order valence-electron chi connectivity index (χ0n) is 17.1. The summed E-state index contributed by atoms with van der Waals surface area (Å²) >= 11 is 0. The van der Waals surface area contributed by atoms with Gasteiger partial charge in [-0.25, -0.2) is 0 Å². The molecule has 3 aliphatic rings. The predicted octanol–water partition coefficient (Wildman–Crippen LogP) is 8.06. The Kier molecular flexibility index (Phi) is 6.53. The summed E-state index contributed by atoms with van der Waals surface area (Å²) in [4.78, 5) is 0. The summed E-state index contributed by atoms with van der Waals surface area (Å²) in [5.41, 5.74) is 3.04. The van der Waals surface area contributed by atoms with Crippen molar-refractivity contribution in [3.05, 3.63) is 54.6 Å². The molecule has 2 saturated carbocycles. The van der Waals surface area contributed by atoms with E-state index in [1.165, 1.54) is 82.6 Å². The van der Waals surface area contributed by atoms with Crippen LogP contribution in [0.3, 0.4) is 0 Å². The third-order valence-corrected chi connectivity index (χ3v) is 8.14. The second kappa shape index (κ2) is 9.26. The first-order valence-corrected chi connectivity index (χ1v) is 11.7. The summed E-state index contributed by atoms with van der Waals surface area (Å²) in [6.45, 7) is 3.93. The molecule has 2 fully saturated rings. The summed E-state index contributed by atoms with van der Waals surface area (Å²) < 4.78 is 0. The van der Waals surface area contributed by atoms with Crippen LogP contribution in [0.1, 0.15) is 82.6 Å². The first-order valence-electron chi connectivity index (χ1n) is 11.7. The van der Waals surface area contributed by atoms with E-state index in [2.05, 4.69) is 49.1 Å². The van der Waals surface area contributed by atoms with Gasteiger partial charge in [-0.2, -0.15) is 0 Å². The number of rotatable bonds is 5. The van der Waals surface area contributed by atoms with Crippen LogP contribution >= 0.6 is 0 Å². The Labute approximate surface area is 167 Å². The molecular formula is C27H38. The zero-order chi connectivity index (χ0) is 18.5. The SMILES string of the molecule is C=CC[C@H]1CC[C@H]([C@H]2CC[C@H](C3CC=C(c4ccccc4)CC3)CC2)CC1. The number of hydrogen-bond donors (Lipinski definition) is 0. The van der Waals surface area contributed by atoms with Gasteiger partial charge in [0.1, 0.15) is 0 Å². The van der Waals surface area contributed by atoms with Crippen molar-refractivity contribution in [2.75, 3.05) is 0 Å². The molecule has 0 amide bonds. The van der Waals surface area contributed by atoms with Gasteiger partial charge < -0.3 is 0 Å². The quantitative estimate of drug-likeness (QED) is 0.465. The average molecular weight is 363 g/mol. The van der Waals surface area contributed by atoms with Crippen molar-refractivity contribution in [3.63, 3.8) is 0 Å². The molecule has 0 spiro atoms. The van der Waals surface area contributed by atoms with Crippen LogP contribution in [-0.2, 0) is 0 Å². The number of hydrogen-bond acceptors (Lipinski definition) is 0. The fourth-order valence-corrected chi connectivity index (χ4v) is 6.42. The highest BCUT2D eigenvalue weighted by Gasteiger charge is 2.33. The van der Waals surface area contributed by atoms with Gasteiger partial charge in [0.25, 0.3) is 0 Å². The van der Waals surface area contributed by atoms with Crippen LogP contribution < -0.4 is 0 Å². The van der Waals surface area contributed by atoms with Crippen LogP contribution in [0.2, 0.25) is 0 Å². The summed E-state index contributed by atoms with van der Waals surface area (Å²) in [5, 5.41) is 0. The van der Waals surface area contributed by atoms with Crippen molar-refractivity contribution >= 4 is 5.57 Å². The van der Waals surface area contributed by atoms with Crippen molar-refractivity contribution in [2.45, 2.75) is 77.0 Å². The molecule has 0 radical (unpaired) electrons. The smallest absolute Gasteiger partial charge is 0.0228 e. The monoisotopic (exact) mass is 362 g/mol. The van der Waals surface area contributed by atoms with Gasteiger partial charge in [0.15, 0.2) is 0 Å². The van der Waals surface area contributed by atoms with Gasteiger partial charge in [0.2, 0.25) is 0 Å². The molecule has 4 rings (SSSR count). The lowest BCUT2D eigenvalue weighted by atomic mass is 9.65. The van der Waals surface area contributed by atoms with E-state index in [0.29, 0.717) is 0 Å². The zero-order valence-corrected chi connectivity index (χ0v) is 17.1. The predicted molar refractivity (Wildman–Crippen MR) is 117 cm³/mol. The lowest BCUT2D eigenvalue weighted by molar-refractivity contribution is 0.123. The maximum atomic E-state index is 3.93. The summed E-state index contributed by atoms with van der Waals surface area (Å²) in [7, 11) is 0. The molecule has 0 nitrogen and oxygen atoms in total. The van der Waals surface area contributed by atoms with Gasteiger partial charge >= 0.3 is 0 Å². The molecule has 0 N–H and O–H groups in total. The average Bonchev–Trinajstić information content (AvgIpc) is 2.75. The van der Waals surface area contributed by atoms with Crippen molar-refractivity contribution < 1.29 is 0 Å². The first kappa shape index (κ1) is 19.0. The highest BCUT2D eigenvalue weighted by molar-refractivity contribution is 5.66. The molecule has 27 heavy (non-hydrogen) atoms. The lowest BCUT2D eigenvalue weighted by Gasteiger charge is -2.40. The molecule has 1 aromatic rings. The second-order valence-electron chi connectivity index (χ2n) is 9.61. The Morgan fingerprint density at radius 1 is 0.741 bits per heavy atom. The van der Waals surface area contributed by atoms with E-state index in [4.69, 9.17) is 0 Å². The summed E-state index contributed by atoms with van der Waals surface area (Å²) in [6, 6.07) is 11.0. The molecule has 0 aromatic heterocycles. The van der Waals surface area contributed by atoms with E-state index in [-0.39, 0.29) is 0 Å². The fraction of sp³-hybridized carbons (Fsp3) is 0.630. The van der Waals surface area contributed by atoms with Gasteiger partial charge in [-0.1, -0.05) is 42.5 Å². The molecule has 0 aliphatic heterocycles. The third-order valence-electron chi connectivity index (χ3n) is 8.14. The molecule has 1 unspecified atom stereocenters. The Morgan fingerprint density at radius 2 is 1.33 bits per heavy atom. The fourth-order valence-electron chi connectivity index (χ4n) is 6.42. The number of allylic oxidation sites excluding steroid dienone is 3. The molecule has 1 atom stereocenters. The van der Waals surface area contributed by atoms with E-state index < -0.39 is 0 Å².